The van der Waals surface area contributed by atoms with E-state index >= 15 is 0 Å². The van der Waals surface area contributed by atoms with E-state index in [4.69, 9.17) is 4.98 Å². The smallest absolute Gasteiger partial charge is 0.272 e. The quantitative estimate of drug-likeness (QED) is 0.652. The maximum atomic E-state index is 13.5. The number of rotatable bonds is 4. The summed E-state index contributed by atoms with van der Waals surface area (Å²) < 4.78 is 2.11. The molecule has 1 saturated carbocycles. The Morgan fingerprint density at radius 1 is 1.03 bits per heavy atom. The zero-order chi connectivity index (χ0) is 20.7. The first-order chi connectivity index (χ1) is 14.7. The van der Waals surface area contributed by atoms with Crippen LogP contribution in [0.1, 0.15) is 42.4 Å². The molecule has 1 aliphatic carbocycles. The summed E-state index contributed by atoms with van der Waals surface area (Å²) in [6.07, 6.45) is 4.00. The molecular weight excluding hydrogens is 372 g/mol. The van der Waals surface area contributed by atoms with Crippen molar-refractivity contribution in [1.29, 1.82) is 0 Å². The summed E-state index contributed by atoms with van der Waals surface area (Å²) in [5.41, 5.74) is 2.66. The van der Waals surface area contributed by atoms with Gasteiger partial charge in [0, 0.05) is 44.3 Å². The highest BCUT2D eigenvalue weighted by Crippen LogP contribution is 2.31. The van der Waals surface area contributed by atoms with Gasteiger partial charge in [-0.15, -0.1) is 0 Å². The van der Waals surface area contributed by atoms with Crippen molar-refractivity contribution in [3.05, 3.63) is 53.9 Å². The fourth-order valence-electron chi connectivity index (χ4n) is 4.97. The lowest BCUT2D eigenvalue weighted by Gasteiger charge is -2.43. The van der Waals surface area contributed by atoms with E-state index in [1.807, 2.05) is 11.8 Å². The van der Waals surface area contributed by atoms with Gasteiger partial charge in [-0.3, -0.25) is 9.69 Å². The molecule has 3 aromatic rings. The minimum absolute atomic E-state index is 0.126. The van der Waals surface area contributed by atoms with Gasteiger partial charge in [0.05, 0.1) is 5.69 Å². The third-order valence-corrected chi connectivity index (χ3v) is 6.88. The second-order valence-corrected chi connectivity index (χ2v) is 8.55. The second kappa shape index (κ2) is 7.88. The SMILES string of the molecule is CCn1c(-c2cccc3ccccc23)nc(C)c1C(=O)N1CCN(C2CCC2)CC1. The summed E-state index contributed by atoms with van der Waals surface area (Å²) in [4.78, 5) is 23.0. The fraction of sp³-hybridized carbons (Fsp3) is 0.440. The van der Waals surface area contributed by atoms with Crippen LogP contribution in [0.15, 0.2) is 42.5 Å². The van der Waals surface area contributed by atoms with Gasteiger partial charge in [0.2, 0.25) is 0 Å². The van der Waals surface area contributed by atoms with Gasteiger partial charge in [-0.05, 0) is 37.5 Å². The van der Waals surface area contributed by atoms with Crippen LogP contribution in [0.4, 0.5) is 0 Å². The first kappa shape index (κ1) is 19.3. The van der Waals surface area contributed by atoms with Gasteiger partial charge in [0.1, 0.15) is 11.5 Å². The Labute approximate surface area is 178 Å². The summed E-state index contributed by atoms with van der Waals surface area (Å²) >= 11 is 0. The monoisotopic (exact) mass is 402 g/mol. The van der Waals surface area contributed by atoms with Crippen LogP contribution < -0.4 is 0 Å². The number of aromatic nitrogens is 2. The summed E-state index contributed by atoms with van der Waals surface area (Å²) in [6, 6.07) is 15.4. The van der Waals surface area contributed by atoms with Gasteiger partial charge in [0.15, 0.2) is 0 Å². The summed E-state index contributed by atoms with van der Waals surface area (Å²) in [6.45, 7) is 8.40. The van der Waals surface area contributed by atoms with E-state index in [2.05, 4.69) is 58.9 Å². The van der Waals surface area contributed by atoms with Gasteiger partial charge >= 0.3 is 0 Å². The Morgan fingerprint density at radius 2 is 1.77 bits per heavy atom. The van der Waals surface area contributed by atoms with Crippen LogP contribution in [0.25, 0.3) is 22.2 Å². The third-order valence-electron chi connectivity index (χ3n) is 6.88. The molecule has 0 spiro atoms. The van der Waals surface area contributed by atoms with Crippen LogP contribution in [-0.4, -0.2) is 57.5 Å². The molecule has 2 fully saturated rings. The van der Waals surface area contributed by atoms with E-state index in [-0.39, 0.29) is 5.91 Å². The van der Waals surface area contributed by atoms with Gasteiger partial charge in [-0.1, -0.05) is 48.9 Å². The summed E-state index contributed by atoms with van der Waals surface area (Å²) in [5, 5.41) is 2.37. The molecule has 1 amide bonds. The van der Waals surface area contributed by atoms with Crippen LogP contribution >= 0.6 is 0 Å². The topological polar surface area (TPSA) is 41.4 Å². The molecule has 2 heterocycles. The Hall–Kier alpha value is -2.66. The Bertz CT molecular complexity index is 1070. The van der Waals surface area contributed by atoms with E-state index in [1.54, 1.807) is 0 Å². The fourth-order valence-corrected chi connectivity index (χ4v) is 4.97. The largest absolute Gasteiger partial charge is 0.335 e. The van der Waals surface area contributed by atoms with Crippen molar-refractivity contribution in [2.24, 2.45) is 0 Å². The molecule has 1 saturated heterocycles. The Balaban J connectivity index is 1.46. The highest BCUT2D eigenvalue weighted by molar-refractivity contribution is 5.98. The number of hydrogen-bond donors (Lipinski definition) is 0. The molecule has 0 unspecified atom stereocenters. The number of hydrogen-bond acceptors (Lipinski definition) is 3. The normalized spacial score (nSPS) is 18.0. The highest BCUT2D eigenvalue weighted by atomic mass is 16.2. The number of amides is 1. The van der Waals surface area contributed by atoms with Gasteiger partial charge in [-0.2, -0.15) is 0 Å². The van der Waals surface area contributed by atoms with E-state index < -0.39 is 0 Å². The first-order valence-electron chi connectivity index (χ1n) is 11.3. The molecular formula is C25H30N4O. The molecule has 1 aliphatic heterocycles. The van der Waals surface area contributed by atoms with Crippen LogP contribution in [0.3, 0.4) is 0 Å². The molecule has 2 aromatic carbocycles. The molecule has 1 aromatic heterocycles. The van der Waals surface area contributed by atoms with E-state index in [1.165, 1.54) is 30.0 Å². The molecule has 5 nitrogen and oxygen atoms in total. The Morgan fingerprint density at radius 3 is 2.47 bits per heavy atom. The number of carbonyl (C=O) groups excluding carboxylic acids is 1. The predicted octanol–water partition coefficient (Wildman–Crippen LogP) is 4.34. The summed E-state index contributed by atoms with van der Waals surface area (Å²) in [5.74, 6) is 1.02. The Kier molecular flexibility index (Phi) is 5.07. The molecule has 0 radical (unpaired) electrons. The average Bonchev–Trinajstić information content (AvgIpc) is 3.08. The summed E-state index contributed by atoms with van der Waals surface area (Å²) in [7, 11) is 0. The van der Waals surface area contributed by atoms with Gasteiger partial charge < -0.3 is 9.47 Å². The molecule has 0 N–H and O–H groups in total. The maximum Gasteiger partial charge on any atom is 0.272 e. The van der Waals surface area contributed by atoms with Crippen LogP contribution in [0.2, 0.25) is 0 Å². The van der Waals surface area contributed by atoms with Crippen molar-refractivity contribution in [2.45, 2.75) is 45.7 Å². The van der Waals surface area contributed by atoms with Crippen molar-refractivity contribution in [2.75, 3.05) is 26.2 Å². The van der Waals surface area contributed by atoms with Crippen molar-refractivity contribution in [1.82, 2.24) is 19.4 Å². The number of piperazine rings is 1. The minimum atomic E-state index is 0.126. The molecule has 156 valence electrons. The minimum Gasteiger partial charge on any atom is -0.335 e. The maximum absolute atomic E-state index is 13.5. The third kappa shape index (κ3) is 3.21. The number of nitrogens with zero attached hydrogens (tertiary/aromatic N) is 4. The van der Waals surface area contributed by atoms with Gasteiger partial charge in [0.25, 0.3) is 5.91 Å². The van der Waals surface area contributed by atoms with Crippen molar-refractivity contribution < 1.29 is 4.79 Å². The lowest BCUT2D eigenvalue weighted by molar-refractivity contribution is 0.0447. The first-order valence-corrected chi connectivity index (χ1v) is 11.3. The van der Waals surface area contributed by atoms with Crippen molar-refractivity contribution in [3.8, 4) is 11.4 Å². The number of imidazole rings is 1. The van der Waals surface area contributed by atoms with E-state index in [9.17, 15) is 4.79 Å². The number of aryl methyl sites for hydroxylation is 1. The van der Waals surface area contributed by atoms with Crippen LogP contribution in [0, 0.1) is 6.92 Å². The number of fused-ring (bicyclic) bond motifs is 1. The molecule has 2 aliphatic rings. The predicted molar refractivity (Wildman–Crippen MR) is 121 cm³/mol. The molecule has 5 heteroatoms. The zero-order valence-corrected chi connectivity index (χ0v) is 18.0. The van der Waals surface area contributed by atoms with E-state index in [0.29, 0.717) is 0 Å². The molecule has 0 atom stereocenters. The average molecular weight is 403 g/mol. The van der Waals surface area contributed by atoms with Crippen LogP contribution in [0.5, 0.6) is 0 Å². The number of carbonyl (C=O) groups is 1. The molecule has 30 heavy (non-hydrogen) atoms. The zero-order valence-electron chi connectivity index (χ0n) is 18.0. The van der Waals surface area contributed by atoms with Crippen molar-refractivity contribution in [3.63, 3.8) is 0 Å². The van der Waals surface area contributed by atoms with Gasteiger partial charge in [-0.25, -0.2) is 4.98 Å². The number of benzene rings is 2. The lowest BCUT2D eigenvalue weighted by atomic mass is 9.91. The highest BCUT2D eigenvalue weighted by Gasteiger charge is 2.32. The van der Waals surface area contributed by atoms with E-state index in [0.717, 1.165) is 61.5 Å². The standard InChI is InChI=1S/C25H30N4O/c1-3-29-23(25(30)28-16-14-27(15-17-28)20-10-7-11-20)18(2)26-24(29)22-13-6-9-19-8-4-5-12-21(19)22/h4-6,8-9,12-13,20H,3,7,10-11,14-17H2,1-2H3. The molecule has 0 bridgehead atoms. The molecule has 5 rings (SSSR count). The lowest BCUT2D eigenvalue weighted by Crippen LogP contribution is -2.53. The van der Waals surface area contributed by atoms with Crippen molar-refractivity contribution >= 4 is 16.7 Å². The van der Waals surface area contributed by atoms with Crippen LogP contribution in [-0.2, 0) is 6.54 Å². The second-order valence-electron chi connectivity index (χ2n) is 8.55.